The van der Waals surface area contributed by atoms with Crippen LogP contribution in [0.4, 0.5) is 4.39 Å². The summed E-state index contributed by atoms with van der Waals surface area (Å²) in [5.41, 5.74) is 5.99. The van der Waals surface area contributed by atoms with Crippen molar-refractivity contribution < 1.29 is 18.7 Å². The van der Waals surface area contributed by atoms with E-state index in [9.17, 15) is 14.0 Å². The highest BCUT2D eigenvalue weighted by Gasteiger charge is 2.33. The molecule has 1 atom stereocenters. The molecular weight excluding hydrogens is 275 g/mol. The lowest BCUT2D eigenvalue weighted by Crippen LogP contribution is -2.43. The zero-order valence-corrected chi connectivity index (χ0v) is 11.9. The summed E-state index contributed by atoms with van der Waals surface area (Å²) in [5, 5.41) is 0. The van der Waals surface area contributed by atoms with Crippen molar-refractivity contribution in [3.63, 3.8) is 0 Å². The Bertz CT molecular complexity index is 510. The van der Waals surface area contributed by atoms with Crippen LogP contribution < -0.4 is 5.73 Å². The first-order valence-corrected chi connectivity index (χ1v) is 6.89. The minimum Gasteiger partial charge on any atom is -0.468 e. The average molecular weight is 294 g/mol. The molecule has 0 spiro atoms. The minimum absolute atomic E-state index is 0.146. The Kier molecular flexibility index (Phi) is 4.90. The van der Waals surface area contributed by atoms with Crippen LogP contribution in [0.2, 0.25) is 0 Å². The van der Waals surface area contributed by atoms with Crippen molar-refractivity contribution in [1.82, 2.24) is 4.90 Å². The standard InChI is InChI=1S/C15H19FN2O3/c1-21-15(20)13(10-2-4-12(16)5-3-10)18-8-6-11(7-9-18)14(17)19/h2-5,11,13H,6-9H2,1H3,(H2,17,19)/t13-/m1/s1. The normalized spacial score (nSPS) is 18.2. The summed E-state index contributed by atoms with van der Waals surface area (Å²) >= 11 is 0. The number of halogens is 1. The summed E-state index contributed by atoms with van der Waals surface area (Å²) in [6.45, 7) is 1.15. The lowest BCUT2D eigenvalue weighted by atomic mass is 9.93. The van der Waals surface area contributed by atoms with Gasteiger partial charge in [-0.15, -0.1) is 0 Å². The van der Waals surface area contributed by atoms with E-state index in [-0.39, 0.29) is 23.6 Å². The molecule has 6 heteroatoms. The van der Waals surface area contributed by atoms with Gasteiger partial charge < -0.3 is 10.5 Å². The molecule has 0 unspecified atom stereocenters. The lowest BCUT2D eigenvalue weighted by Gasteiger charge is -2.35. The fourth-order valence-electron chi connectivity index (χ4n) is 2.69. The van der Waals surface area contributed by atoms with Gasteiger partial charge in [0, 0.05) is 19.0 Å². The molecule has 0 bridgehead atoms. The highest BCUT2D eigenvalue weighted by atomic mass is 19.1. The molecule has 1 heterocycles. The first kappa shape index (κ1) is 15.4. The topological polar surface area (TPSA) is 72.6 Å². The number of likely N-dealkylation sites (tertiary alicyclic amines) is 1. The van der Waals surface area contributed by atoms with Crippen molar-refractivity contribution in [3.8, 4) is 0 Å². The Morgan fingerprint density at radius 1 is 1.29 bits per heavy atom. The van der Waals surface area contributed by atoms with Gasteiger partial charge in [0.2, 0.25) is 5.91 Å². The van der Waals surface area contributed by atoms with Crippen LogP contribution in [0.3, 0.4) is 0 Å². The van der Waals surface area contributed by atoms with Crippen LogP contribution in [0.1, 0.15) is 24.4 Å². The zero-order valence-electron chi connectivity index (χ0n) is 11.9. The van der Waals surface area contributed by atoms with Crippen LogP contribution in [0.5, 0.6) is 0 Å². The number of methoxy groups -OCH3 is 1. The summed E-state index contributed by atoms with van der Waals surface area (Å²) in [4.78, 5) is 25.2. The van der Waals surface area contributed by atoms with Gasteiger partial charge in [-0.2, -0.15) is 0 Å². The number of nitrogens with two attached hydrogens (primary N) is 1. The summed E-state index contributed by atoms with van der Waals surface area (Å²) in [5.74, 6) is -1.19. The van der Waals surface area contributed by atoms with Gasteiger partial charge in [0.1, 0.15) is 11.9 Å². The van der Waals surface area contributed by atoms with Gasteiger partial charge in [-0.05, 0) is 30.5 Å². The molecule has 0 aromatic heterocycles. The first-order valence-electron chi connectivity index (χ1n) is 6.89. The third kappa shape index (κ3) is 3.58. The second kappa shape index (κ2) is 6.67. The molecule has 1 aromatic rings. The number of benzene rings is 1. The molecule has 1 fully saturated rings. The maximum absolute atomic E-state index is 13.0. The van der Waals surface area contributed by atoms with E-state index in [4.69, 9.17) is 10.5 Å². The molecule has 2 rings (SSSR count). The molecule has 1 saturated heterocycles. The van der Waals surface area contributed by atoms with Gasteiger partial charge >= 0.3 is 5.97 Å². The second-order valence-corrected chi connectivity index (χ2v) is 5.19. The third-order valence-electron chi connectivity index (χ3n) is 3.91. The van der Waals surface area contributed by atoms with E-state index in [1.54, 1.807) is 12.1 Å². The molecule has 1 aliphatic rings. The van der Waals surface area contributed by atoms with Crippen molar-refractivity contribution in [3.05, 3.63) is 35.6 Å². The van der Waals surface area contributed by atoms with Gasteiger partial charge in [-0.25, -0.2) is 9.18 Å². The van der Waals surface area contributed by atoms with E-state index in [1.807, 2.05) is 4.90 Å². The fourth-order valence-corrected chi connectivity index (χ4v) is 2.69. The molecule has 1 aliphatic heterocycles. The van der Waals surface area contributed by atoms with E-state index in [0.717, 1.165) is 0 Å². The van der Waals surface area contributed by atoms with Crippen LogP contribution in [0, 0.1) is 11.7 Å². The Morgan fingerprint density at radius 3 is 2.33 bits per heavy atom. The predicted octanol–water partition coefficient (Wildman–Crippen LogP) is 1.24. The molecule has 2 N–H and O–H groups in total. The molecule has 0 aliphatic carbocycles. The van der Waals surface area contributed by atoms with Crippen LogP contribution in [0.25, 0.3) is 0 Å². The minimum atomic E-state index is -0.579. The number of nitrogens with zero attached hydrogens (tertiary/aromatic N) is 1. The maximum atomic E-state index is 13.0. The van der Waals surface area contributed by atoms with Crippen molar-refractivity contribution in [2.45, 2.75) is 18.9 Å². The average Bonchev–Trinajstić information content (AvgIpc) is 2.49. The molecule has 0 radical (unpaired) electrons. The van der Waals surface area contributed by atoms with Crippen LogP contribution >= 0.6 is 0 Å². The first-order chi connectivity index (χ1) is 10.0. The van der Waals surface area contributed by atoms with Gasteiger partial charge in [-0.3, -0.25) is 9.69 Å². The van der Waals surface area contributed by atoms with Crippen LogP contribution in [-0.4, -0.2) is 37.0 Å². The van der Waals surface area contributed by atoms with Gasteiger partial charge in [0.05, 0.1) is 7.11 Å². The Balaban J connectivity index is 2.16. The SMILES string of the molecule is COC(=O)[C@@H](c1ccc(F)cc1)N1CCC(C(N)=O)CC1. The number of piperidine rings is 1. The fraction of sp³-hybridized carbons (Fsp3) is 0.467. The summed E-state index contributed by atoms with van der Waals surface area (Å²) in [7, 11) is 1.33. The molecule has 1 amide bonds. The number of amides is 1. The quantitative estimate of drug-likeness (QED) is 0.848. The Morgan fingerprint density at radius 2 is 1.86 bits per heavy atom. The second-order valence-electron chi connectivity index (χ2n) is 5.19. The number of ether oxygens (including phenoxy) is 1. The Labute approximate surface area is 122 Å². The largest absolute Gasteiger partial charge is 0.468 e. The van der Waals surface area contributed by atoms with E-state index in [0.29, 0.717) is 31.5 Å². The number of esters is 1. The third-order valence-corrected chi connectivity index (χ3v) is 3.91. The molecular formula is C15H19FN2O3. The number of hydrogen-bond donors (Lipinski definition) is 1. The number of hydrogen-bond acceptors (Lipinski definition) is 4. The van der Waals surface area contributed by atoms with Crippen molar-refractivity contribution in [2.75, 3.05) is 20.2 Å². The lowest BCUT2D eigenvalue weighted by molar-refractivity contribution is -0.148. The van der Waals surface area contributed by atoms with Crippen molar-refractivity contribution >= 4 is 11.9 Å². The van der Waals surface area contributed by atoms with Crippen LogP contribution in [-0.2, 0) is 14.3 Å². The Hall–Kier alpha value is -1.95. The summed E-state index contributed by atoms with van der Waals surface area (Å²) < 4.78 is 17.9. The molecule has 21 heavy (non-hydrogen) atoms. The number of carbonyl (C=O) groups excluding carboxylic acids is 2. The van der Waals surface area contributed by atoms with E-state index < -0.39 is 6.04 Å². The van der Waals surface area contributed by atoms with E-state index >= 15 is 0 Å². The van der Waals surface area contributed by atoms with E-state index in [1.165, 1.54) is 19.2 Å². The maximum Gasteiger partial charge on any atom is 0.327 e. The molecule has 1 aromatic carbocycles. The van der Waals surface area contributed by atoms with Crippen molar-refractivity contribution in [1.29, 1.82) is 0 Å². The summed E-state index contributed by atoms with van der Waals surface area (Å²) in [6, 6.07) is 5.22. The van der Waals surface area contributed by atoms with Crippen LogP contribution in [0.15, 0.2) is 24.3 Å². The smallest absolute Gasteiger partial charge is 0.327 e. The van der Waals surface area contributed by atoms with E-state index in [2.05, 4.69) is 0 Å². The monoisotopic (exact) mass is 294 g/mol. The predicted molar refractivity (Wildman–Crippen MR) is 74.6 cm³/mol. The molecule has 0 saturated carbocycles. The van der Waals surface area contributed by atoms with Crippen molar-refractivity contribution in [2.24, 2.45) is 11.7 Å². The molecule has 5 nitrogen and oxygen atoms in total. The highest BCUT2D eigenvalue weighted by molar-refractivity contribution is 5.78. The molecule has 114 valence electrons. The summed E-state index contributed by atoms with van der Waals surface area (Å²) in [6.07, 6.45) is 1.23. The zero-order chi connectivity index (χ0) is 15.4. The van der Waals surface area contributed by atoms with Gasteiger partial charge in [0.15, 0.2) is 0 Å². The number of rotatable bonds is 4. The van der Waals surface area contributed by atoms with Gasteiger partial charge in [-0.1, -0.05) is 12.1 Å². The number of carbonyl (C=O) groups is 2. The van der Waals surface area contributed by atoms with Gasteiger partial charge in [0.25, 0.3) is 0 Å². The number of primary amides is 1. The highest BCUT2D eigenvalue weighted by Crippen LogP contribution is 2.28.